The first-order valence-corrected chi connectivity index (χ1v) is 8.31. The molecule has 0 radical (unpaired) electrons. The molecule has 1 aromatic carbocycles. The number of ether oxygens (including phenoxy) is 2. The molecule has 0 N–H and O–H groups in total. The third-order valence-corrected chi connectivity index (χ3v) is 6.25. The lowest BCUT2D eigenvalue weighted by molar-refractivity contribution is -0.422. The van der Waals surface area contributed by atoms with Gasteiger partial charge >= 0.3 is 11.4 Å². The van der Waals surface area contributed by atoms with Crippen molar-refractivity contribution in [2.45, 2.75) is 37.9 Å². The first kappa shape index (κ1) is 14.0. The molecule has 1 heterocycles. The van der Waals surface area contributed by atoms with Crippen LogP contribution in [0.2, 0.25) is 0 Å². The second kappa shape index (κ2) is 4.37. The van der Waals surface area contributed by atoms with Crippen LogP contribution in [0, 0.1) is 43.9 Å². The molecule has 0 saturated heterocycles. The molecular weight excluding hydrogens is 316 g/mol. The number of fused-ring (bicyclic) bond motifs is 1. The van der Waals surface area contributed by atoms with Crippen molar-refractivity contribution in [2.24, 2.45) is 23.7 Å². The zero-order chi connectivity index (χ0) is 16.6. The molecule has 0 aromatic heterocycles. The van der Waals surface area contributed by atoms with Crippen molar-refractivity contribution in [2.75, 3.05) is 0 Å². The maximum Gasteiger partial charge on any atom is 0.350 e. The van der Waals surface area contributed by atoms with Gasteiger partial charge in [0.15, 0.2) is 11.5 Å². The minimum Gasteiger partial charge on any atom is -0.448 e. The Labute approximate surface area is 137 Å². The maximum atomic E-state index is 11.1. The van der Waals surface area contributed by atoms with Crippen LogP contribution in [-0.4, -0.2) is 15.6 Å². The van der Waals surface area contributed by atoms with E-state index < -0.39 is 27.0 Å². The molecule has 1 aromatic rings. The third kappa shape index (κ3) is 1.68. The van der Waals surface area contributed by atoms with E-state index >= 15 is 0 Å². The van der Waals surface area contributed by atoms with Gasteiger partial charge in [0.1, 0.15) is 0 Å². The third-order valence-electron chi connectivity index (χ3n) is 6.25. The molecule has 8 nitrogen and oxygen atoms in total. The highest BCUT2D eigenvalue weighted by Crippen LogP contribution is 2.63. The van der Waals surface area contributed by atoms with Gasteiger partial charge in [-0.2, -0.15) is 0 Å². The molecule has 6 rings (SSSR count). The highest BCUT2D eigenvalue weighted by Gasteiger charge is 2.63. The zero-order valence-corrected chi connectivity index (χ0v) is 12.8. The van der Waals surface area contributed by atoms with Crippen molar-refractivity contribution in [1.82, 2.24) is 0 Å². The predicted molar refractivity (Wildman–Crippen MR) is 80.8 cm³/mol. The number of nitrogens with zero attached hydrogens (tertiary/aromatic N) is 2. The standard InChI is InChI=1S/C16H16N2O6/c19-17(20)12-6-14-15(7-13(12)18(21)22)24-16(23-14)10-2-8-1-9(4-10)5-11(16)3-8/h6-11H,1-5H2. The first-order valence-electron chi connectivity index (χ1n) is 8.31. The Morgan fingerprint density at radius 1 is 0.833 bits per heavy atom. The summed E-state index contributed by atoms with van der Waals surface area (Å²) in [6.07, 6.45) is 5.47. The van der Waals surface area contributed by atoms with Gasteiger partial charge in [-0.3, -0.25) is 20.2 Å². The lowest BCUT2D eigenvalue weighted by Gasteiger charge is -2.57. The van der Waals surface area contributed by atoms with Crippen LogP contribution in [0.3, 0.4) is 0 Å². The number of hydrogen-bond donors (Lipinski definition) is 0. The van der Waals surface area contributed by atoms with Crippen LogP contribution in [0.1, 0.15) is 32.1 Å². The Hall–Kier alpha value is -2.38. The summed E-state index contributed by atoms with van der Waals surface area (Å²) in [5.41, 5.74) is -1.11. The van der Waals surface area contributed by atoms with Crippen molar-refractivity contribution in [3.8, 4) is 11.5 Å². The van der Waals surface area contributed by atoms with E-state index in [1.807, 2.05) is 0 Å². The van der Waals surface area contributed by atoms with E-state index in [2.05, 4.69) is 0 Å². The van der Waals surface area contributed by atoms with E-state index in [1.54, 1.807) is 0 Å². The summed E-state index contributed by atoms with van der Waals surface area (Å²) < 4.78 is 12.3. The second-order valence-electron chi connectivity index (χ2n) is 7.53. The molecule has 4 fully saturated rings. The zero-order valence-electron chi connectivity index (χ0n) is 12.8. The molecule has 0 unspecified atom stereocenters. The Bertz CT molecular complexity index is 703. The quantitative estimate of drug-likeness (QED) is 0.607. The lowest BCUT2D eigenvalue weighted by atomic mass is 9.53. The minimum atomic E-state index is -0.779. The van der Waals surface area contributed by atoms with Crippen LogP contribution >= 0.6 is 0 Å². The normalized spacial score (nSPS) is 33.8. The Kier molecular flexibility index (Phi) is 2.55. The van der Waals surface area contributed by atoms with Gasteiger partial charge in [-0.1, -0.05) is 0 Å². The first-order chi connectivity index (χ1) is 11.5. The smallest absolute Gasteiger partial charge is 0.350 e. The average Bonchev–Trinajstić information content (AvgIpc) is 2.90. The Balaban J connectivity index is 1.57. The highest BCUT2D eigenvalue weighted by atomic mass is 16.7. The van der Waals surface area contributed by atoms with Crippen LogP contribution in [0.15, 0.2) is 12.1 Å². The van der Waals surface area contributed by atoms with Crippen molar-refractivity contribution in [3.63, 3.8) is 0 Å². The van der Waals surface area contributed by atoms with Gasteiger partial charge in [0.05, 0.1) is 22.0 Å². The summed E-state index contributed by atoms with van der Waals surface area (Å²) in [7, 11) is 0. The van der Waals surface area contributed by atoms with Crippen molar-refractivity contribution < 1.29 is 19.3 Å². The molecule has 4 aliphatic carbocycles. The Morgan fingerprint density at radius 2 is 1.25 bits per heavy atom. The molecule has 1 aliphatic heterocycles. The van der Waals surface area contributed by atoms with E-state index in [-0.39, 0.29) is 23.3 Å². The monoisotopic (exact) mass is 332 g/mol. The molecule has 24 heavy (non-hydrogen) atoms. The molecular formula is C16H16N2O6. The molecule has 0 atom stereocenters. The van der Waals surface area contributed by atoms with Gasteiger partial charge in [0, 0.05) is 11.8 Å². The number of benzene rings is 1. The number of nitro groups is 2. The van der Waals surface area contributed by atoms with Crippen LogP contribution in [-0.2, 0) is 0 Å². The van der Waals surface area contributed by atoms with Crippen LogP contribution in [0.5, 0.6) is 11.5 Å². The van der Waals surface area contributed by atoms with Gasteiger partial charge in [-0.15, -0.1) is 0 Å². The molecule has 126 valence electrons. The molecule has 4 saturated carbocycles. The van der Waals surface area contributed by atoms with Crippen molar-refractivity contribution in [3.05, 3.63) is 32.4 Å². The average molecular weight is 332 g/mol. The fourth-order valence-corrected chi connectivity index (χ4v) is 5.53. The van der Waals surface area contributed by atoms with Gasteiger partial charge in [0.2, 0.25) is 0 Å². The second-order valence-corrected chi connectivity index (χ2v) is 7.53. The van der Waals surface area contributed by atoms with Crippen molar-refractivity contribution in [1.29, 1.82) is 0 Å². The summed E-state index contributed by atoms with van der Waals surface area (Å²) >= 11 is 0. The van der Waals surface area contributed by atoms with Gasteiger partial charge in [-0.05, 0) is 43.9 Å². The molecule has 5 aliphatic rings. The van der Waals surface area contributed by atoms with Gasteiger partial charge in [-0.25, -0.2) is 0 Å². The molecule has 0 amide bonds. The minimum absolute atomic E-state index is 0.263. The molecule has 8 heteroatoms. The highest BCUT2D eigenvalue weighted by molar-refractivity contribution is 5.63. The van der Waals surface area contributed by atoms with Gasteiger partial charge < -0.3 is 9.47 Å². The molecule has 1 spiro atoms. The van der Waals surface area contributed by atoms with Crippen molar-refractivity contribution >= 4 is 11.4 Å². The van der Waals surface area contributed by atoms with Crippen LogP contribution in [0.25, 0.3) is 0 Å². The van der Waals surface area contributed by atoms with Crippen LogP contribution in [0.4, 0.5) is 11.4 Å². The van der Waals surface area contributed by atoms with E-state index in [1.165, 1.54) is 6.42 Å². The Morgan fingerprint density at radius 3 is 1.62 bits per heavy atom. The summed E-state index contributed by atoms with van der Waals surface area (Å²) in [4.78, 5) is 20.8. The summed E-state index contributed by atoms with van der Waals surface area (Å²) in [6, 6.07) is 2.29. The van der Waals surface area contributed by atoms with E-state index in [0.29, 0.717) is 0 Å². The topological polar surface area (TPSA) is 105 Å². The largest absolute Gasteiger partial charge is 0.448 e. The van der Waals surface area contributed by atoms with Gasteiger partial charge in [0.25, 0.3) is 5.79 Å². The number of nitro benzene ring substituents is 2. The fraction of sp³-hybridized carbons (Fsp3) is 0.625. The van der Waals surface area contributed by atoms with E-state index in [0.717, 1.165) is 49.7 Å². The number of hydrogen-bond acceptors (Lipinski definition) is 6. The van der Waals surface area contributed by atoms with E-state index in [9.17, 15) is 20.2 Å². The predicted octanol–water partition coefficient (Wildman–Crippen LogP) is 3.43. The number of rotatable bonds is 2. The fourth-order valence-electron chi connectivity index (χ4n) is 5.53. The maximum absolute atomic E-state index is 11.1. The summed E-state index contributed by atoms with van der Waals surface area (Å²) in [5, 5.41) is 22.3. The molecule has 4 bridgehead atoms. The summed E-state index contributed by atoms with van der Waals surface area (Å²) in [5.74, 6) is 1.72. The van der Waals surface area contributed by atoms with Crippen LogP contribution < -0.4 is 9.47 Å². The van der Waals surface area contributed by atoms with E-state index in [4.69, 9.17) is 9.47 Å². The SMILES string of the molecule is O=[N+]([O-])c1cc2c(cc1[N+](=O)[O-])OC1(O2)C2CC3CC(C2)CC1C3. The lowest BCUT2D eigenvalue weighted by Crippen LogP contribution is -2.62. The summed E-state index contributed by atoms with van der Waals surface area (Å²) in [6.45, 7) is 0.